The van der Waals surface area contributed by atoms with Gasteiger partial charge in [0.1, 0.15) is 17.5 Å². The zero-order valence-corrected chi connectivity index (χ0v) is 10.9. The molecule has 1 aliphatic heterocycles. The van der Waals surface area contributed by atoms with Gasteiger partial charge in [-0.05, 0) is 32.9 Å². The van der Waals surface area contributed by atoms with E-state index in [1.54, 1.807) is 0 Å². The number of aldehydes is 1. The lowest BCUT2D eigenvalue weighted by molar-refractivity contribution is -0.119. The quantitative estimate of drug-likeness (QED) is 0.773. The van der Waals surface area contributed by atoms with Crippen LogP contribution in [0.15, 0.2) is 24.3 Å². The van der Waals surface area contributed by atoms with E-state index in [1.807, 2.05) is 45.0 Å². The molecule has 18 heavy (non-hydrogen) atoms. The molecule has 1 saturated heterocycles. The summed E-state index contributed by atoms with van der Waals surface area (Å²) in [5.41, 5.74) is 0.672. The van der Waals surface area contributed by atoms with E-state index in [0.29, 0.717) is 6.61 Å². The molecule has 4 heteroatoms. The van der Waals surface area contributed by atoms with Gasteiger partial charge < -0.3 is 19.0 Å². The largest absolute Gasteiger partial charge is 0.488 e. The van der Waals surface area contributed by atoms with Gasteiger partial charge in [-0.1, -0.05) is 12.1 Å². The molecule has 4 nitrogen and oxygen atoms in total. The zero-order valence-electron chi connectivity index (χ0n) is 10.9. The lowest BCUT2D eigenvalue weighted by atomic mass is 10.1. The van der Waals surface area contributed by atoms with Crippen molar-refractivity contribution in [2.45, 2.75) is 38.8 Å². The number of benzene rings is 1. The molecule has 2 unspecified atom stereocenters. The van der Waals surface area contributed by atoms with Crippen LogP contribution in [0.5, 0.6) is 5.75 Å². The molecule has 0 amide bonds. The zero-order chi connectivity index (χ0) is 13.2. The summed E-state index contributed by atoms with van der Waals surface area (Å²) in [6.07, 6.45) is -0.152. The van der Waals surface area contributed by atoms with Crippen LogP contribution in [0.25, 0.3) is 0 Å². The van der Waals surface area contributed by atoms with Crippen LogP contribution in [0.1, 0.15) is 32.6 Å². The highest BCUT2D eigenvalue weighted by Gasteiger charge is 2.26. The van der Waals surface area contributed by atoms with E-state index in [1.165, 1.54) is 0 Å². The summed E-state index contributed by atoms with van der Waals surface area (Å²) in [5.74, 6) is 0.802. The highest BCUT2D eigenvalue weighted by molar-refractivity contribution is 5.56. The molecule has 0 aromatic heterocycles. The van der Waals surface area contributed by atoms with Crippen molar-refractivity contribution in [2.24, 2.45) is 0 Å². The van der Waals surface area contributed by atoms with Gasteiger partial charge in [0.25, 0.3) is 0 Å². The standard InChI is InChI=1S/C14H18O4/c1-14(2,3)18-11-6-4-10(5-7-11)13-16-9-12(8-15)17-13/h4-8,12-13H,9H2,1-3H3. The average Bonchev–Trinajstić information content (AvgIpc) is 2.76. The summed E-state index contributed by atoms with van der Waals surface area (Å²) in [4.78, 5) is 10.6. The van der Waals surface area contributed by atoms with E-state index in [-0.39, 0.29) is 5.60 Å². The van der Waals surface area contributed by atoms with Gasteiger partial charge in [0.2, 0.25) is 0 Å². The SMILES string of the molecule is CC(C)(C)Oc1ccc(C2OCC(C=O)O2)cc1. The normalized spacial score (nSPS) is 23.9. The third-order valence-electron chi connectivity index (χ3n) is 2.44. The van der Waals surface area contributed by atoms with Crippen molar-refractivity contribution in [1.82, 2.24) is 0 Å². The minimum absolute atomic E-state index is 0.218. The first kappa shape index (κ1) is 13.1. The van der Waals surface area contributed by atoms with E-state index < -0.39 is 12.4 Å². The number of hydrogen-bond donors (Lipinski definition) is 0. The molecule has 1 aromatic carbocycles. The van der Waals surface area contributed by atoms with Crippen LogP contribution in [0.3, 0.4) is 0 Å². The Bertz CT molecular complexity index is 405. The van der Waals surface area contributed by atoms with E-state index in [2.05, 4.69) is 0 Å². The first-order chi connectivity index (χ1) is 8.48. The summed E-state index contributed by atoms with van der Waals surface area (Å²) in [5, 5.41) is 0. The fourth-order valence-electron chi connectivity index (χ4n) is 1.71. The summed E-state index contributed by atoms with van der Waals surface area (Å²) >= 11 is 0. The molecule has 0 radical (unpaired) electrons. The molecule has 0 saturated carbocycles. The fraction of sp³-hybridized carbons (Fsp3) is 0.500. The van der Waals surface area contributed by atoms with Crippen molar-refractivity contribution in [3.63, 3.8) is 0 Å². The molecule has 0 bridgehead atoms. The van der Waals surface area contributed by atoms with Gasteiger partial charge in [0.05, 0.1) is 6.61 Å². The smallest absolute Gasteiger partial charge is 0.184 e. The third kappa shape index (κ3) is 3.31. The minimum Gasteiger partial charge on any atom is -0.488 e. The molecule has 2 rings (SSSR count). The second-order valence-corrected chi connectivity index (χ2v) is 5.26. The third-order valence-corrected chi connectivity index (χ3v) is 2.44. The molecule has 1 heterocycles. The van der Waals surface area contributed by atoms with E-state index in [9.17, 15) is 4.79 Å². The van der Waals surface area contributed by atoms with Crippen molar-refractivity contribution in [3.05, 3.63) is 29.8 Å². The molecule has 1 aliphatic rings. The molecule has 0 spiro atoms. The van der Waals surface area contributed by atoms with Crippen LogP contribution in [0.4, 0.5) is 0 Å². The van der Waals surface area contributed by atoms with Crippen LogP contribution in [0.2, 0.25) is 0 Å². The molecule has 1 fully saturated rings. The summed E-state index contributed by atoms with van der Waals surface area (Å²) in [7, 11) is 0. The van der Waals surface area contributed by atoms with Gasteiger partial charge in [-0.15, -0.1) is 0 Å². The van der Waals surface area contributed by atoms with Crippen molar-refractivity contribution >= 4 is 6.29 Å². The first-order valence-corrected chi connectivity index (χ1v) is 5.99. The van der Waals surface area contributed by atoms with Gasteiger partial charge >= 0.3 is 0 Å². The summed E-state index contributed by atoms with van der Waals surface area (Å²) in [6, 6.07) is 7.53. The number of hydrogen-bond acceptors (Lipinski definition) is 4. The van der Waals surface area contributed by atoms with Gasteiger partial charge in [0, 0.05) is 5.56 Å². The lowest BCUT2D eigenvalue weighted by Gasteiger charge is -2.21. The maximum Gasteiger partial charge on any atom is 0.184 e. The first-order valence-electron chi connectivity index (χ1n) is 5.99. The monoisotopic (exact) mass is 250 g/mol. The van der Waals surface area contributed by atoms with Gasteiger partial charge in [-0.25, -0.2) is 0 Å². The van der Waals surface area contributed by atoms with Gasteiger partial charge in [-0.3, -0.25) is 0 Å². The predicted octanol–water partition coefficient (Wildman–Crippen LogP) is 2.48. The number of carbonyl (C=O) groups is 1. The van der Waals surface area contributed by atoms with E-state index in [0.717, 1.165) is 17.6 Å². The Kier molecular flexibility index (Phi) is 3.68. The highest BCUT2D eigenvalue weighted by atomic mass is 16.7. The van der Waals surface area contributed by atoms with E-state index >= 15 is 0 Å². The van der Waals surface area contributed by atoms with Gasteiger partial charge in [0.15, 0.2) is 12.6 Å². The number of carbonyl (C=O) groups excluding carboxylic acids is 1. The Hall–Kier alpha value is -1.39. The average molecular weight is 250 g/mol. The lowest BCUT2D eigenvalue weighted by Crippen LogP contribution is -2.22. The van der Waals surface area contributed by atoms with Crippen molar-refractivity contribution in [2.75, 3.05) is 6.61 Å². The highest BCUT2D eigenvalue weighted by Crippen LogP contribution is 2.28. The second kappa shape index (κ2) is 5.08. The number of rotatable bonds is 3. The topological polar surface area (TPSA) is 44.8 Å². The molecule has 2 atom stereocenters. The minimum atomic E-state index is -0.458. The Balaban J connectivity index is 2.02. The van der Waals surface area contributed by atoms with Crippen LogP contribution < -0.4 is 4.74 Å². The Morgan fingerprint density at radius 2 is 1.94 bits per heavy atom. The summed E-state index contributed by atoms with van der Waals surface area (Å²) in [6.45, 7) is 6.31. The Morgan fingerprint density at radius 1 is 1.28 bits per heavy atom. The number of ether oxygens (including phenoxy) is 3. The molecule has 0 N–H and O–H groups in total. The fourth-order valence-corrected chi connectivity index (χ4v) is 1.71. The van der Waals surface area contributed by atoms with Crippen molar-refractivity contribution in [1.29, 1.82) is 0 Å². The maximum atomic E-state index is 10.6. The predicted molar refractivity (Wildman–Crippen MR) is 66.5 cm³/mol. The van der Waals surface area contributed by atoms with Crippen molar-refractivity contribution < 1.29 is 19.0 Å². The molecular formula is C14H18O4. The van der Waals surface area contributed by atoms with E-state index in [4.69, 9.17) is 14.2 Å². The van der Waals surface area contributed by atoms with Crippen LogP contribution in [-0.2, 0) is 14.3 Å². The molecular weight excluding hydrogens is 232 g/mol. The van der Waals surface area contributed by atoms with Crippen LogP contribution in [0, 0.1) is 0 Å². The molecule has 0 aliphatic carbocycles. The van der Waals surface area contributed by atoms with Crippen LogP contribution >= 0.6 is 0 Å². The Labute approximate surface area is 107 Å². The Morgan fingerprint density at radius 3 is 2.44 bits per heavy atom. The van der Waals surface area contributed by atoms with Crippen molar-refractivity contribution in [3.8, 4) is 5.75 Å². The summed E-state index contributed by atoms with van der Waals surface area (Å²) < 4.78 is 16.5. The molecule has 1 aromatic rings. The van der Waals surface area contributed by atoms with Gasteiger partial charge in [-0.2, -0.15) is 0 Å². The molecule has 98 valence electrons. The van der Waals surface area contributed by atoms with Crippen LogP contribution in [-0.4, -0.2) is 24.6 Å². The second-order valence-electron chi connectivity index (χ2n) is 5.26. The maximum absolute atomic E-state index is 10.6.